The number of hydrogen-bond acceptors (Lipinski definition) is 4. The van der Waals surface area contributed by atoms with Crippen LogP contribution in [-0.4, -0.2) is 25.4 Å². The van der Waals surface area contributed by atoms with Gasteiger partial charge in [-0.1, -0.05) is 49.1 Å². The number of Topliss-reactive ketones (excluding diaryl/α,β-unsaturated/α-hetero) is 1. The highest BCUT2D eigenvalue weighted by Crippen LogP contribution is 2.34. The van der Waals surface area contributed by atoms with Crippen LogP contribution in [0.5, 0.6) is 0 Å². The molecule has 3 aromatic rings. The largest absolute Gasteiger partial charge is 0.294 e. The van der Waals surface area contributed by atoms with Gasteiger partial charge < -0.3 is 0 Å². The summed E-state index contributed by atoms with van der Waals surface area (Å²) in [5.74, 6) is 2.32. The number of ketones is 1. The predicted molar refractivity (Wildman–Crippen MR) is 103 cm³/mol. The van der Waals surface area contributed by atoms with E-state index in [1.54, 1.807) is 6.20 Å². The van der Waals surface area contributed by atoms with Crippen molar-refractivity contribution in [3.63, 3.8) is 0 Å². The molecule has 2 aromatic heterocycles. The third kappa shape index (κ3) is 2.95. The molecule has 1 saturated carbocycles. The van der Waals surface area contributed by atoms with Gasteiger partial charge in [0.25, 0.3) is 5.78 Å². The second-order valence-electron chi connectivity index (χ2n) is 8.07. The molecule has 27 heavy (non-hydrogen) atoms. The van der Waals surface area contributed by atoms with Crippen LogP contribution < -0.4 is 0 Å². The third-order valence-corrected chi connectivity index (χ3v) is 6.17. The zero-order chi connectivity index (χ0) is 18.4. The number of fused-ring (bicyclic) bond motifs is 3. The summed E-state index contributed by atoms with van der Waals surface area (Å²) in [5, 5.41) is 4.82. The molecule has 2 aliphatic rings. The van der Waals surface area contributed by atoms with Crippen molar-refractivity contribution < 1.29 is 4.79 Å². The molecule has 5 rings (SSSR count). The van der Waals surface area contributed by atoms with Crippen molar-refractivity contribution in [2.24, 2.45) is 0 Å². The van der Waals surface area contributed by atoms with Crippen LogP contribution in [0.25, 0.3) is 5.78 Å². The number of aromatic nitrogens is 4. The highest BCUT2D eigenvalue weighted by molar-refractivity contribution is 5.98. The van der Waals surface area contributed by atoms with Gasteiger partial charge in [-0.2, -0.15) is 4.98 Å². The second kappa shape index (κ2) is 6.55. The van der Waals surface area contributed by atoms with E-state index in [2.05, 4.69) is 36.2 Å². The van der Waals surface area contributed by atoms with Gasteiger partial charge in [-0.25, -0.2) is 9.50 Å². The number of hydrogen-bond donors (Lipinski definition) is 0. The summed E-state index contributed by atoms with van der Waals surface area (Å²) in [6, 6.07) is 8.53. The Bertz CT molecular complexity index is 999. The van der Waals surface area contributed by atoms with Crippen LogP contribution in [0.1, 0.15) is 83.4 Å². The molecule has 0 saturated heterocycles. The lowest BCUT2D eigenvalue weighted by atomic mass is 9.82. The van der Waals surface area contributed by atoms with E-state index in [-0.39, 0.29) is 11.7 Å². The van der Waals surface area contributed by atoms with Crippen LogP contribution in [0.2, 0.25) is 0 Å². The monoisotopic (exact) mass is 360 g/mol. The molecule has 0 bridgehead atoms. The first-order valence-electron chi connectivity index (χ1n) is 10.0. The minimum Gasteiger partial charge on any atom is -0.294 e. The fourth-order valence-electron chi connectivity index (χ4n) is 4.57. The minimum atomic E-state index is 0.158. The Morgan fingerprint density at radius 3 is 2.56 bits per heavy atom. The smallest absolute Gasteiger partial charge is 0.252 e. The number of carbonyl (C=O) groups excluding carboxylic acids is 1. The van der Waals surface area contributed by atoms with Crippen LogP contribution in [-0.2, 0) is 6.42 Å². The summed E-state index contributed by atoms with van der Waals surface area (Å²) < 4.78 is 1.84. The van der Waals surface area contributed by atoms with Crippen LogP contribution >= 0.6 is 0 Å². The first kappa shape index (κ1) is 16.6. The Hall–Kier alpha value is -2.56. The van der Waals surface area contributed by atoms with Gasteiger partial charge in [0.1, 0.15) is 0 Å². The van der Waals surface area contributed by atoms with E-state index in [1.807, 2.05) is 4.52 Å². The first-order valence-corrected chi connectivity index (χ1v) is 10.0. The highest BCUT2D eigenvalue weighted by Gasteiger charge is 2.30. The van der Waals surface area contributed by atoms with Crippen molar-refractivity contribution in [2.75, 3.05) is 0 Å². The summed E-state index contributed by atoms with van der Waals surface area (Å²) >= 11 is 0. The van der Waals surface area contributed by atoms with Gasteiger partial charge in [-0.15, -0.1) is 5.10 Å². The van der Waals surface area contributed by atoms with Crippen molar-refractivity contribution in [1.29, 1.82) is 0 Å². The van der Waals surface area contributed by atoms with Crippen LogP contribution in [0.4, 0.5) is 0 Å². The number of benzene rings is 1. The maximum atomic E-state index is 12.8. The molecule has 0 amide bonds. The molecule has 0 N–H and O–H groups in total. The average Bonchev–Trinajstić information content (AvgIpc) is 3.14. The van der Waals surface area contributed by atoms with Crippen LogP contribution in [0.3, 0.4) is 0 Å². The molecular weight excluding hydrogens is 336 g/mol. The normalized spacial score (nSPS) is 20.8. The van der Waals surface area contributed by atoms with E-state index < -0.39 is 0 Å². The van der Waals surface area contributed by atoms with E-state index in [1.165, 1.54) is 30.4 Å². The lowest BCUT2D eigenvalue weighted by Gasteiger charge is -2.24. The third-order valence-electron chi connectivity index (χ3n) is 6.17. The molecule has 5 nitrogen and oxygen atoms in total. The van der Waals surface area contributed by atoms with Gasteiger partial charge in [0.2, 0.25) is 0 Å². The quantitative estimate of drug-likeness (QED) is 0.680. The zero-order valence-corrected chi connectivity index (χ0v) is 15.7. The molecule has 138 valence electrons. The summed E-state index contributed by atoms with van der Waals surface area (Å²) in [4.78, 5) is 21.9. The van der Waals surface area contributed by atoms with Gasteiger partial charge in [0.15, 0.2) is 11.6 Å². The molecular formula is C22H24N4O. The molecule has 0 spiro atoms. The van der Waals surface area contributed by atoms with Crippen LogP contribution in [0.15, 0.2) is 30.5 Å². The molecule has 5 heteroatoms. The van der Waals surface area contributed by atoms with Gasteiger partial charge in [-0.3, -0.25) is 4.79 Å². The van der Waals surface area contributed by atoms with Gasteiger partial charge in [0, 0.05) is 18.5 Å². The fraction of sp³-hybridized carbons (Fsp3) is 0.455. The number of nitrogens with zero attached hydrogens (tertiary/aromatic N) is 4. The van der Waals surface area contributed by atoms with E-state index in [0.717, 1.165) is 30.8 Å². The van der Waals surface area contributed by atoms with Crippen LogP contribution in [0, 0.1) is 6.92 Å². The SMILES string of the molecule is Cc1ccc(C2CC(=O)c3cnc4nc(C5CCCCC5)nn4c3C2)cc1. The minimum absolute atomic E-state index is 0.158. The summed E-state index contributed by atoms with van der Waals surface area (Å²) in [7, 11) is 0. The average molecular weight is 360 g/mol. The first-order chi connectivity index (χ1) is 13.2. The maximum absolute atomic E-state index is 12.8. The topological polar surface area (TPSA) is 60.2 Å². The van der Waals surface area contributed by atoms with Crippen molar-refractivity contribution >= 4 is 11.6 Å². The lowest BCUT2D eigenvalue weighted by Crippen LogP contribution is -2.22. The van der Waals surface area contributed by atoms with Crippen molar-refractivity contribution in [2.45, 2.75) is 63.7 Å². The predicted octanol–water partition coefficient (Wildman–Crippen LogP) is 4.39. The Morgan fingerprint density at radius 1 is 1.00 bits per heavy atom. The Labute approximate surface area is 158 Å². The number of carbonyl (C=O) groups is 1. The molecule has 1 atom stereocenters. The Balaban J connectivity index is 1.54. The molecule has 0 radical (unpaired) electrons. The van der Waals surface area contributed by atoms with Crippen molar-refractivity contribution in [3.05, 3.63) is 58.7 Å². The fourth-order valence-corrected chi connectivity index (χ4v) is 4.57. The molecule has 2 heterocycles. The van der Waals surface area contributed by atoms with Crippen molar-refractivity contribution in [1.82, 2.24) is 19.6 Å². The van der Waals surface area contributed by atoms with Crippen molar-refractivity contribution in [3.8, 4) is 0 Å². The summed E-state index contributed by atoms with van der Waals surface area (Å²) in [5.41, 5.74) is 4.14. The lowest BCUT2D eigenvalue weighted by molar-refractivity contribution is 0.0962. The number of aryl methyl sites for hydroxylation is 1. The molecule has 1 aromatic carbocycles. The zero-order valence-electron chi connectivity index (χ0n) is 15.7. The summed E-state index contributed by atoms with van der Waals surface area (Å²) in [6.07, 6.45) is 9.17. The Kier molecular flexibility index (Phi) is 4.03. The second-order valence-corrected chi connectivity index (χ2v) is 8.07. The van der Waals surface area contributed by atoms with Gasteiger partial charge in [-0.05, 0) is 37.7 Å². The standard InChI is InChI=1S/C22H24N4O/c1-14-7-9-15(10-8-14)17-11-19-18(20(27)12-17)13-23-22-24-21(25-26(19)22)16-5-3-2-4-6-16/h7-10,13,16-17H,2-6,11-12H2,1H3. The van der Waals surface area contributed by atoms with Gasteiger partial charge >= 0.3 is 0 Å². The van der Waals surface area contributed by atoms with E-state index in [4.69, 9.17) is 10.1 Å². The highest BCUT2D eigenvalue weighted by atomic mass is 16.1. The number of rotatable bonds is 2. The molecule has 2 aliphatic carbocycles. The van der Waals surface area contributed by atoms with Gasteiger partial charge in [0.05, 0.1) is 11.3 Å². The maximum Gasteiger partial charge on any atom is 0.252 e. The van der Waals surface area contributed by atoms with E-state index in [0.29, 0.717) is 23.7 Å². The Morgan fingerprint density at radius 2 is 1.78 bits per heavy atom. The molecule has 1 unspecified atom stereocenters. The molecule has 0 aliphatic heterocycles. The van der Waals surface area contributed by atoms with E-state index in [9.17, 15) is 4.79 Å². The molecule has 1 fully saturated rings. The van der Waals surface area contributed by atoms with E-state index >= 15 is 0 Å². The summed E-state index contributed by atoms with van der Waals surface area (Å²) in [6.45, 7) is 2.09.